The second kappa shape index (κ2) is 8.44. The third kappa shape index (κ3) is 6.61. The molecule has 1 aliphatic heterocycles. The van der Waals surface area contributed by atoms with E-state index in [4.69, 9.17) is 14.2 Å². The maximum atomic E-state index is 12.1. The first-order valence-corrected chi connectivity index (χ1v) is 9.26. The first-order valence-electron chi connectivity index (χ1n) is 9.26. The van der Waals surface area contributed by atoms with Crippen LogP contribution in [0.4, 0.5) is 4.79 Å². The van der Waals surface area contributed by atoms with Gasteiger partial charge in [0.1, 0.15) is 24.1 Å². The van der Waals surface area contributed by atoms with E-state index in [-0.39, 0.29) is 12.1 Å². The largest absolute Gasteiger partial charge is 0.489 e. The third-order valence-electron chi connectivity index (χ3n) is 4.11. The molecule has 0 aromatic heterocycles. The topological polar surface area (TPSA) is 60.1 Å². The zero-order valence-corrected chi connectivity index (χ0v) is 16.1. The zero-order valence-electron chi connectivity index (χ0n) is 16.1. The summed E-state index contributed by atoms with van der Waals surface area (Å²) in [7, 11) is 0. The molecule has 0 bridgehead atoms. The van der Waals surface area contributed by atoms with Crippen LogP contribution >= 0.6 is 0 Å². The van der Waals surface area contributed by atoms with Gasteiger partial charge in [-0.1, -0.05) is 42.5 Å². The van der Waals surface area contributed by atoms with Crippen LogP contribution in [0.5, 0.6) is 5.75 Å². The van der Waals surface area contributed by atoms with Crippen molar-refractivity contribution in [2.75, 3.05) is 6.61 Å². The molecule has 1 aliphatic rings. The molecule has 5 nitrogen and oxygen atoms in total. The molecule has 1 N–H and O–H groups in total. The summed E-state index contributed by atoms with van der Waals surface area (Å²) in [5.41, 5.74) is 1.68. The van der Waals surface area contributed by atoms with Gasteiger partial charge in [-0.2, -0.15) is 0 Å². The minimum absolute atomic E-state index is 0.0337. The number of hydrogen-bond donors (Lipinski definition) is 1. The molecule has 5 heteroatoms. The fourth-order valence-corrected chi connectivity index (χ4v) is 2.78. The number of nitrogens with one attached hydrogen (secondary N) is 1. The quantitative estimate of drug-likeness (QED) is 0.747. The van der Waals surface area contributed by atoms with Crippen LogP contribution in [-0.2, 0) is 22.5 Å². The molecule has 2 aromatic rings. The Morgan fingerprint density at radius 1 is 1.15 bits per heavy atom. The van der Waals surface area contributed by atoms with Crippen LogP contribution in [-0.4, -0.2) is 30.4 Å². The highest BCUT2D eigenvalue weighted by molar-refractivity contribution is 5.68. The van der Waals surface area contributed by atoms with Crippen LogP contribution in [0.2, 0.25) is 0 Å². The number of hydrogen-bond acceptors (Lipinski definition) is 4. The summed E-state index contributed by atoms with van der Waals surface area (Å²) in [6.07, 6.45) is 0.276. The number of ether oxygens (including phenoxy) is 3. The van der Waals surface area contributed by atoms with Crippen molar-refractivity contribution in [1.82, 2.24) is 5.32 Å². The van der Waals surface area contributed by atoms with E-state index < -0.39 is 11.7 Å². The Kier molecular flexibility index (Phi) is 6.01. The van der Waals surface area contributed by atoms with Crippen molar-refractivity contribution in [3.8, 4) is 5.75 Å². The minimum Gasteiger partial charge on any atom is -0.489 e. The van der Waals surface area contributed by atoms with Crippen LogP contribution in [0.15, 0.2) is 54.6 Å². The number of epoxide rings is 1. The number of alkyl carbamates (subject to hydrolysis) is 1. The lowest BCUT2D eigenvalue weighted by Gasteiger charge is -2.23. The van der Waals surface area contributed by atoms with Gasteiger partial charge >= 0.3 is 6.09 Å². The van der Waals surface area contributed by atoms with Crippen LogP contribution in [0.1, 0.15) is 31.9 Å². The Balaban J connectivity index is 1.58. The summed E-state index contributed by atoms with van der Waals surface area (Å²) >= 11 is 0. The molecule has 0 spiro atoms. The van der Waals surface area contributed by atoms with Gasteiger partial charge in [0, 0.05) is 0 Å². The molecule has 0 saturated carbocycles. The Hall–Kier alpha value is -2.53. The molecule has 144 valence electrons. The average Bonchev–Trinajstić information content (AvgIpc) is 3.44. The monoisotopic (exact) mass is 369 g/mol. The highest BCUT2D eigenvalue weighted by Crippen LogP contribution is 2.22. The maximum Gasteiger partial charge on any atom is 0.407 e. The second-order valence-corrected chi connectivity index (χ2v) is 7.75. The molecule has 0 unspecified atom stereocenters. The van der Waals surface area contributed by atoms with Crippen molar-refractivity contribution in [2.24, 2.45) is 0 Å². The molecule has 1 heterocycles. The summed E-state index contributed by atoms with van der Waals surface area (Å²) in [6.45, 7) is 6.73. The highest BCUT2D eigenvalue weighted by Gasteiger charge is 2.35. The van der Waals surface area contributed by atoms with E-state index in [9.17, 15) is 4.79 Å². The molecule has 2 aromatic carbocycles. The van der Waals surface area contributed by atoms with Gasteiger partial charge in [0.2, 0.25) is 0 Å². The van der Waals surface area contributed by atoms with Gasteiger partial charge in [-0.15, -0.1) is 0 Å². The van der Waals surface area contributed by atoms with Gasteiger partial charge in [-0.25, -0.2) is 4.79 Å². The Morgan fingerprint density at radius 3 is 2.52 bits per heavy atom. The van der Waals surface area contributed by atoms with E-state index in [0.717, 1.165) is 16.9 Å². The molecule has 0 radical (unpaired) electrons. The molecular weight excluding hydrogens is 342 g/mol. The Morgan fingerprint density at radius 2 is 1.85 bits per heavy atom. The maximum absolute atomic E-state index is 12.1. The van der Waals surface area contributed by atoms with Crippen molar-refractivity contribution in [3.05, 3.63) is 65.7 Å². The van der Waals surface area contributed by atoms with E-state index >= 15 is 0 Å². The smallest absolute Gasteiger partial charge is 0.407 e. The lowest BCUT2D eigenvalue weighted by atomic mass is 10.0. The summed E-state index contributed by atoms with van der Waals surface area (Å²) in [5.74, 6) is 0.809. The zero-order chi connectivity index (χ0) is 19.3. The highest BCUT2D eigenvalue weighted by atomic mass is 16.6. The van der Waals surface area contributed by atoms with E-state index in [0.29, 0.717) is 19.6 Å². The van der Waals surface area contributed by atoms with E-state index in [1.165, 1.54) is 0 Å². The molecule has 1 amide bonds. The van der Waals surface area contributed by atoms with Crippen LogP contribution in [0.25, 0.3) is 0 Å². The predicted molar refractivity (Wildman–Crippen MR) is 104 cm³/mol. The fraction of sp³-hybridized carbons (Fsp3) is 0.409. The molecule has 2 atom stereocenters. The van der Waals surface area contributed by atoms with Crippen molar-refractivity contribution in [3.63, 3.8) is 0 Å². The molecule has 0 aliphatic carbocycles. The van der Waals surface area contributed by atoms with Gasteiger partial charge in [0.05, 0.1) is 12.6 Å². The first kappa shape index (κ1) is 19.2. The molecule has 3 rings (SSSR count). The van der Waals surface area contributed by atoms with E-state index in [2.05, 4.69) is 5.32 Å². The lowest BCUT2D eigenvalue weighted by Crippen LogP contribution is -2.43. The summed E-state index contributed by atoms with van der Waals surface area (Å²) < 4.78 is 16.7. The Labute approximate surface area is 160 Å². The molecule has 27 heavy (non-hydrogen) atoms. The number of carbonyl (C=O) groups excluding carboxylic acids is 1. The van der Waals surface area contributed by atoms with Crippen molar-refractivity contribution in [1.29, 1.82) is 0 Å². The summed E-state index contributed by atoms with van der Waals surface area (Å²) in [6, 6.07) is 17.9. The minimum atomic E-state index is -0.524. The predicted octanol–water partition coefficient (Wildman–Crippen LogP) is 4.10. The number of rotatable bonds is 7. The third-order valence-corrected chi connectivity index (χ3v) is 4.11. The van der Waals surface area contributed by atoms with Gasteiger partial charge in [0.15, 0.2) is 0 Å². The SMILES string of the molecule is CC(C)(C)OC(=O)N[C@@H](Cc1cccc(OCc2ccccc2)c1)[C@H]1CO1. The van der Waals surface area contributed by atoms with Crippen molar-refractivity contribution >= 4 is 6.09 Å². The fourth-order valence-electron chi connectivity index (χ4n) is 2.78. The standard InChI is InChI=1S/C22H27NO4/c1-22(2,3)27-21(24)23-19(20-15-26-20)13-17-10-7-11-18(12-17)25-14-16-8-5-4-6-9-16/h4-12,19-20H,13-15H2,1-3H3,(H,23,24)/t19-,20+/m0/s1. The average molecular weight is 369 g/mol. The normalized spacial score (nSPS) is 17.1. The van der Waals surface area contributed by atoms with E-state index in [1.807, 2.05) is 75.4 Å². The molecule has 1 fully saturated rings. The summed E-state index contributed by atoms with van der Waals surface area (Å²) in [5, 5.41) is 2.93. The number of carbonyl (C=O) groups is 1. The molecular formula is C22H27NO4. The first-order chi connectivity index (χ1) is 12.9. The van der Waals surface area contributed by atoms with Crippen LogP contribution < -0.4 is 10.1 Å². The lowest BCUT2D eigenvalue weighted by molar-refractivity contribution is 0.0495. The van der Waals surface area contributed by atoms with Gasteiger partial charge in [0.25, 0.3) is 0 Å². The summed E-state index contributed by atoms with van der Waals surface area (Å²) in [4.78, 5) is 12.1. The molecule has 1 saturated heterocycles. The second-order valence-electron chi connectivity index (χ2n) is 7.75. The van der Waals surface area contributed by atoms with E-state index in [1.54, 1.807) is 0 Å². The van der Waals surface area contributed by atoms with Crippen LogP contribution in [0, 0.1) is 0 Å². The van der Waals surface area contributed by atoms with Crippen molar-refractivity contribution in [2.45, 2.75) is 51.5 Å². The van der Waals surface area contributed by atoms with Gasteiger partial charge in [-0.3, -0.25) is 0 Å². The number of amides is 1. The Bertz CT molecular complexity index is 750. The van der Waals surface area contributed by atoms with Gasteiger partial charge in [-0.05, 0) is 50.5 Å². The number of benzene rings is 2. The van der Waals surface area contributed by atoms with Gasteiger partial charge < -0.3 is 19.5 Å². The van der Waals surface area contributed by atoms with Crippen molar-refractivity contribution < 1.29 is 19.0 Å². The van der Waals surface area contributed by atoms with Crippen LogP contribution in [0.3, 0.4) is 0 Å².